The minimum absolute atomic E-state index is 0.265. The van der Waals surface area contributed by atoms with Gasteiger partial charge in [-0.1, -0.05) is 30.3 Å². The molecule has 41 heavy (non-hydrogen) atoms. The van der Waals surface area contributed by atoms with E-state index in [1.54, 1.807) is 34.4 Å². The Kier molecular flexibility index (Phi) is 8.09. The first kappa shape index (κ1) is 29.0. The van der Waals surface area contributed by atoms with Gasteiger partial charge < -0.3 is 9.64 Å². The summed E-state index contributed by atoms with van der Waals surface area (Å²) in [5.74, 6) is 0. The van der Waals surface area contributed by atoms with E-state index in [4.69, 9.17) is 9.84 Å². The van der Waals surface area contributed by atoms with Crippen LogP contribution in [-0.4, -0.2) is 72.1 Å². The van der Waals surface area contributed by atoms with Crippen molar-refractivity contribution in [2.45, 2.75) is 44.7 Å². The van der Waals surface area contributed by atoms with Gasteiger partial charge in [-0.25, -0.2) is 17.9 Å². The van der Waals surface area contributed by atoms with Crippen molar-refractivity contribution in [3.8, 4) is 26.7 Å². The van der Waals surface area contributed by atoms with Crippen LogP contribution in [0.2, 0.25) is 0 Å². The highest BCUT2D eigenvalue weighted by atomic mass is 32.2. The van der Waals surface area contributed by atoms with E-state index in [0.717, 1.165) is 51.0 Å². The van der Waals surface area contributed by atoms with Crippen LogP contribution in [0.4, 0.5) is 4.79 Å². The summed E-state index contributed by atoms with van der Waals surface area (Å²) in [6.45, 7) is 11.1. The van der Waals surface area contributed by atoms with Crippen LogP contribution in [0.15, 0.2) is 71.6 Å². The largest absolute Gasteiger partial charge is 0.444 e. The molecule has 0 unspecified atom stereocenters. The van der Waals surface area contributed by atoms with Gasteiger partial charge >= 0.3 is 6.09 Å². The Balaban J connectivity index is 1.40. The molecule has 0 aliphatic carbocycles. The van der Waals surface area contributed by atoms with Gasteiger partial charge in [-0.3, -0.25) is 4.90 Å². The number of thiophene rings is 1. The number of ether oxygens (including phenoxy) is 1. The molecule has 1 aliphatic heterocycles. The second-order valence-electron chi connectivity index (χ2n) is 11.4. The first-order valence-corrected chi connectivity index (χ1v) is 16.3. The van der Waals surface area contributed by atoms with Crippen LogP contribution in [0.1, 0.15) is 32.0 Å². The van der Waals surface area contributed by atoms with Crippen LogP contribution in [0, 0.1) is 6.92 Å². The molecule has 0 bridgehead atoms. The standard InChI is InChI=1S/C31H36N4O4S2/c1-22-9-6-7-12-26(22)35-27(29-14-13-28(40-29)23-10-8-11-25(19-23)41(5,37)38)20-24(32-35)21-33-15-17-34(18-16-33)30(36)39-31(2,3)4/h6-14,19-20H,15-18,21H2,1-5H3. The lowest BCUT2D eigenvalue weighted by atomic mass is 10.2. The maximum atomic E-state index is 12.5. The average molecular weight is 593 g/mol. The molecule has 1 amide bonds. The number of hydrogen-bond acceptors (Lipinski definition) is 7. The topological polar surface area (TPSA) is 84.7 Å². The van der Waals surface area contributed by atoms with Crippen LogP contribution in [-0.2, 0) is 21.1 Å². The number of aromatic nitrogens is 2. The fourth-order valence-electron chi connectivity index (χ4n) is 4.82. The normalized spacial score (nSPS) is 14.8. The average Bonchev–Trinajstić information content (AvgIpc) is 3.56. The van der Waals surface area contributed by atoms with Crippen molar-refractivity contribution in [3.63, 3.8) is 0 Å². The first-order chi connectivity index (χ1) is 19.4. The second-order valence-corrected chi connectivity index (χ2v) is 14.5. The molecule has 8 nitrogen and oxygen atoms in total. The van der Waals surface area contributed by atoms with Crippen molar-refractivity contribution in [2.75, 3.05) is 32.4 Å². The van der Waals surface area contributed by atoms with Gasteiger partial charge in [0.2, 0.25) is 0 Å². The number of amides is 1. The molecule has 1 fully saturated rings. The number of aryl methyl sites for hydroxylation is 1. The Bertz CT molecular complexity index is 1660. The Morgan fingerprint density at radius 1 is 0.951 bits per heavy atom. The molecule has 0 atom stereocenters. The highest BCUT2D eigenvalue weighted by molar-refractivity contribution is 7.90. The smallest absolute Gasteiger partial charge is 0.410 e. The molecule has 5 rings (SSSR count). The van der Waals surface area contributed by atoms with E-state index in [1.165, 1.54) is 6.26 Å². The zero-order chi connectivity index (χ0) is 29.4. The number of benzene rings is 2. The molecular formula is C31H36N4O4S2. The Labute approximate surface area is 246 Å². The van der Waals surface area contributed by atoms with Gasteiger partial charge in [0.05, 0.1) is 26.8 Å². The number of sulfone groups is 1. The van der Waals surface area contributed by atoms with Crippen molar-refractivity contribution in [3.05, 3.63) is 78.0 Å². The molecule has 2 aromatic heterocycles. The molecule has 0 spiro atoms. The maximum absolute atomic E-state index is 12.5. The quantitative estimate of drug-likeness (QED) is 0.272. The second kappa shape index (κ2) is 11.4. The fraction of sp³-hybridized carbons (Fsp3) is 0.355. The summed E-state index contributed by atoms with van der Waals surface area (Å²) in [6.07, 6.45) is 0.963. The lowest BCUT2D eigenvalue weighted by Gasteiger charge is -2.35. The first-order valence-electron chi connectivity index (χ1n) is 13.6. The summed E-state index contributed by atoms with van der Waals surface area (Å²) in [5, 5.41) is 5.04. The van der Waals surface area contributed by atoms with E-state index in [2.05, 4.69) is 36.1 Å². The predicted octanol–water partition coefficient (Wildman–Crippen LogP) is 6.03. The summed E-state index contributed by atoms with van der Waals surface area (Å²) in [4.78, 5) is 18.9. The molecule has 0 N–H and O–H groups in total. The fourth-order valence-corrected chi connectivity index (χ4v) is 6.49. The van der Waals surface area contributed by atoms with Gasteiger partial charge in [-0.05, 0) is 75.2 Å². The van der Waals surface area contributed by atoms with Gasteiger partial charge in [-0.15, -0.1) is 11.3 Å². The van der Waals surface area contributed by atoms with E-state index in [-0.39, 0.29) is 6.09 Å². The third-order valence-corrected chi connectivity index (χ3v) is 9.19. The van der Waals surface area contributed by atoms with Gasteiger partial charge in [-0.2, -0.15) is 5.10 Å². The van der Waals surface area contributed by atoms with E-state index in [0.29, 0.717) is 24.5 Å². The Morgan fingerprint density at radius 2 is 1.66 bits per heavy atom. The summed E-state index contributed by atoms with van der Waals surface area (Å²) in [5.41, 5.74) is 4.42. The molecule has 0 saturated carbocycles. The SMILES string of the molecule is Cc1ccccc1-n1nc(CN2CCN(C(=O)OC(C)(C)C)CC2)cc1-c1ccc(-c2cccc(S(C)(=O)=O)c2)s1. The highest BCUT2D eigenvalue weighted by Crippen LogP contribution is 2.37. The minimum Gasteiger partial charge on any atom is -0.444 e. The zero-order valence-electron chi connectivity index (χ0n) is 24.1. The van der Waals surface area contributed by atoms with Gasteiger partial charge in [0.25, 0.3) is 0 Å². The lowest BCUT2D eigenvalue weighted by Crippen LogP contribution is -2.49. The Hall–Kier alpha value is -3.47. The van der Waals surface area contributed by atoms with Crippen molar-refractivity contribution in [1.82, 2.24) is 19.6 Å². The summed E-state index contributed by atoms with van der Waals surface area (Å²) in [6, 6.07) is 21.5. The van der Waals surface area contributed by atoms with Crippen LogP contribution in [0.5, 0.6) is 0 Å². The molecule has 4 aromatic rings. The summed E-state index contributed by atoms with van der Waals surface area (Å²) < 4.78 is 31.8. The number of carbonyl (C=O) groups is 1. The maximum Gasteiger partial charge on any atom is 0.410 e. The molecule has 1 aliphatic rings. The highest BCUT2D eigenvalue weighted by Gasteiger charge is 2.26. The molecule has 10 heteroatoms. The number of hydrogen-bond donors (Lipinski definition) is 0. The molecular weight excluding hydrogens is 556 g/mol. The predicted molar refractivity (Wildman–Crippen MR) is 163 cm³/mol. The van der Waals surface area contributed by atoms with E-state index in [9.17, 15) is 13.2 Å². The number of carbonyl (C=O) groups excluding carboxylic acids is 1. The van der Waals surface area contributed by atoms with Crippen LogP contribution in [0.25, 0.3) is 26.7 Å². The number of rotatable bonds is 6. The zero-order valence-corrected chi connectivity index (χ0v) is 25.8. The molecule has 216 valence electrons. The van der Waals surface area contributed by atoms with Crippen LogP contribution in [0.3, 0.4) is 0 Å². The molecule has 3 heterocycles. The van der Waals surface area contributed by atoms with Crippen molar-refractivity contribution < 1.29 is 17.9 Å². The summed E-state index contributed by atoms with van der Waals surface area (Å²) >= 11 is 1.61. The third-order valence-electron chi connectivity index (χ3n) is 6.92. The van der Waals surface area contributed by atoms with Crippen LogP contribution < -0.4 is 0 Å². The van der Waals surface area contributed by atoms with E-state index in [1.807, 2.05) is 49.7 Å². The van der Waals surface area contributed by atoms with Crippen LogP contribution >= 0.6 is 11.3 Å². The van der Waals surface area contributed by atoms with Gasteiger partial charge in [0, 0.05) is 43.9 Å². The summed E-state index contributed by atoms with van der Waals surface area (Å²) in [7, 11) is -3.30. The molecule has 1 saturated heterocycles. The monoisotopic (exact) mass is 592 g/mol. The number of para-hydroxylation sites is 1. The number of nitrogens with zero attached hydrogens (tertiary/aromatic N) is 4. The van der Waals surface area contributed by atoms with Gasteiger partial charge in [0.1, 0.15) is 5.60 Å². The van der Waals surface area contributed by atoms with Gasteiger partial charge in [0.15, 0.2) is 9.84 Å². The van der Waals surface area contributed by atoms with Crippen molar-refractivity contribution in [1.29, 1.82) is 0 Å². The third kappa shape index (κ3) is 6.89. The van der Waals surface area contributed by atoms with Crippen molar-refractivity contribution >= 4 is 27.3 Å². The van der Waals surface area contributed by atoms with E-state index >= 15 is 0 Å². The van der Waals surface area contributed by atoms with E-state index < -0.39 is 15.4 Å². The van der Waals surface area contributed by atoms with Crippen molar-refractivity contribution in [2.24, 2.45) is 0 Å². The minimum atomic E-state index is -3.30. The number of piperazine rings is 1. The molecule has 2 aromatic carbocycles. The molecule has 0 radical (unpaired) electrons. The Morgan fingerprint density at radius 3 is 2.34 bits per heavy atom. The lowest BCUT2D eigenvalue weighted by molar-refractivity contribution is 0.0138.